The molecule has 3 aliphatic rings. The molecular formula is C18H25N3O2. The maximum absolute atomic E-state index is 11.1. The summed E-state index contributed by atoms with van der Waals surface area (Å²) in [5.74, 6) is 1.94. The van der Waals surface area contributed by atoms with Gasteiger partial charge >= 0.3 is 0 Å². The second-order valence-electron chi connectivity index (χ2n) is 7.44. The van der Waals surface area contributed by atoms with Crippen LogP contribution < -0.4 is 0 Å². The maximum atomic E-state index is 11.1. The lowest BCUT2D eigenvalue weighted by Crippen LogP contribution is -2.51. The van der Waals surface area contributed by atoms with Gasteiger partial charge in [-0.1, -0.05) is 24.6 Å². The second-order valence-corrected chi connectivity index (χ2v) is 7.44. The quantitative estimate of drug-likeness (QED) is 0.633. The Morgan fingerprint density at radius 1 is 1.09 bits per heavy atom. The van der Waals surface area contributed by atoms with Crippen molar-refractivity contribution in [1.29, 1.82) is 0 Å². The van der Waals surface area contributed by atoms with E-state index in [0.29, 0.717) is 6.54 Å². The summed E-state index contributed by atoms with van der Waals surface area (Å²) >= 11 is 0. The van der Waals surface area contributed by atoms with Gasteiger partial charge in [0.1, 0.15) is 0 Å². The predicted octanol–water partition coefficient (Wildman–Crippen LogP) is 2.90. The number of rotatable bonds is 4. The molecule has 1 heterocycles. The van der Waals surface area contributed by atoms with Gasteiger partial charge in [-0.3, -0.25) is 19.9 Å². The van der Waals surface area contributed by atoms with E-state index < -0.39 is 0 Å². The van der Waals surface area contributed by atoms with Crippen LogP contribution in [0.1, 0.15) is 31.2 Å². The fourth-order valence-corrected chi connectivity index (χ4v) is 4.98. The Morgan fingerprint density at radius 2 is 1.87 bits per heavy atom. The smallest absolute Gasteiger partial charge is 0.273 e. The van der Waals surface area contributed by atoms with E-state index in [2.05, 4.69) is 9.80 Å². The van der Waals surface area contributed by atoms with Crippen LogP contribution in [0.15, 0.2) is 24.3 Å². The third-order valence-electron chi connectivity index (χ3n) is 6.16. The lowest BCUT2D eigenvalue weighted by atomic mass is 9.93. The zero-order chi connectivity index (χ0) is 15.8. The van der Waals surface area contributed by atoms with Gasteiger partial charge in [0, 0.05) is 50.4 Å². The molecule has 0 radical (unpaired) electrons. The Hall–Kier alpha value is -1.46. The van der Waals surface area contributed by atoms with Crippen molar-refractivity contribution in [2.75, 3.05) is 26.2 Å². The number of hydrogen-bond donors (Lipinski definition) is 0. The van der Waals surface area contributed by atoms with Crippen LogP contribution in [0.25, 0.3) is 0 Å². The number of nitro benzene ring substituents is 1. The van der Waals surface area contributed by atoms with Crippen LogP contribution >= 0.6 is 0 Å². The molecule has 1 aliphatic heterocycles. The molecule has 0 amide bonds. The van der Waals surface area contributed by atoms with Crippen LogP contribution in [-0.4, -0.2) is 46.9 Å². The van der Waals surface area contributed by atoms with Crippen LogP contribution in [0.5, 0.6) is 0 Å². The van der Waals surface area contributed by atoms with Gasteiger partial charge in [0.05, 0.1) is 4.92 Å². The van der Waals surface area contributed by atoms with Crippen molar-refractivity contribution in [3.8, 4) is 0 Å². The average Bonchev–Trinajstić information content (AvgIpc) is 3.19. The molecule has 0 N–H and O–H groups in total. The van der Waals surface area contributed by atoms with Crippen molar-refractivity contribution in [1.82, 2.24) is 9.80 Å². The summed E-state index contributed by atoms with van der Waals surface area (Å²) in [5.41, 5.74) is 1.09. The van der Waals surface area contributed by atoms with Gasteiger partial charge < -0.3 is 0 Å². The minimum absolute atomic E-state index is 0.253. The van der Waals surface area contributed by atoms with Gasteiger partial charge in [0.2, 0.25) is 0 Å². The molecule has 0 unspecified atom stereocenters. The first-order valence-corrected chi connectivity index (χ1v) is 8.89. The molecule has 1 aromatic carbocycles. The lowest BCUT2D eigenvalue weighted by Gasteiger charge is -2.41. The molecule has 3 atom stereocenters. The highest BCUT2D eigenvalue weighted by atomic mass is 16.6. The number of fused-ring (bicyclic) bond motifs is 2. The first-order chi connectivity index (χ1) is 11.2. The fourth-order valence-electron chi connectivity index (χ4n) is 4.98. The second kappa shape index (κ2) is 6.21. The fraction of sp³-hybridized carbons (Fsp3) is 0.667. The molecule has 0 spiro atoms. The van der Waals surface area contributed by atoms with E-state index in [-0.39, 0.29) is 10.6 Å². The molecule has 1 saturated heterocycles. The maximum Gasteiger partial charge on any atom is 0.273 e. The molecule has 4 rings (SSSR count). The molecule has 0 aromatic heterocycles. The average molecular weight is 315 g/mol. The Kier molecular flexibility index (Phi) is 4.07. The van der Waals surface area contributed by atoms with E-state index in [1.54, 1.807) is 12.1 Å². The zero-order valence-corrected chi connectivity index (χ0v) is 13.6. The molecule has 5 nitrogen and oxygen atoms in total. The van der Waals surface area contributed by atoms with Crippen molar-refractivity contribution in [3.63, 3.8) is 0 Å². The van der Waals surface area contributed by atoms with E-state index in [0.717, 1.165) is 49.6 Å². The molecule has 2 bridgehead atoms. The van der Waals surface area contributed by atoms with E-state index >= 15 is 0 Å². The number of para-hydroxylation sites is 1. The first-order valence-electron chi connectivity index (χ1n) is 8.89. The van der Waals surface area contributed by atoms with Crippen LogP contribution in [0.2, 0.25) is 0 Å². The summed E-state index contributed by atoms with van der Waals surface area (Å²) in [4.78, 5) is 15.9. The number of hydrogen-bond acceptors (Lipinski definition) is 4. The Bertz CT molecular complexity index is 583. The number of benzene rings is 1. The Balaban J connectivity index is 1.34. The van der Waals surface area contributed by atoms with Crippen molar-refractivity contribution >= 4 is 5.69 Å². The minimum atomic E-state index is -0.263. The van der Waals surface area contributed by atoms with Crippen LogP contribution in [0.4, 0.5) is 5.69 Å². The number of piperazine rings is 1. The standard InChI is InChI=1S/C18H25N3O2/c22-21(23)17-4-2-1-3-16(17)13-19-7-9-20(10-8-19)18-12-14-5-6-15(18)11-14/h1-4,14-15,18H,5-13H2/t14-,15-,18-/m0/s1. The van der Waals surface area contributed by atoms with Crippen molar-refractivity contribution < 1.29 is 4.92 Å². The third kappa shape index (κ3) is 3.00. The molecule has 2 saturated carbocycles. The van der Waals surface area contributed by atoms with E-state index in [1.807, 2.05) is 12.1 Å². The van der Waals surface area contributed by atoms with Crippen LogP contribution in [-0.2, 0) is 6.54 Å². The van der Waals surface area contributed by atoms with Crippen LogP contribution in [0.3, 0.4) is 0 Å². The predicted molar refractivity (Wildman–Crippen MR) is 89.2 cm³/mol. The molecular weight excluding hydrogens is 290 g/mol. The van der Waals surface area contributed by atoms with Gasteiger partial charge in [-0.15, -0.1) is 0 Å². The number of nitro groups is 1. The Morgan fingerprint density at radius 3 is 2.52 bits per heavy atom. The van der Waals surface area contributed by atoms with Crippen LogP contribution in [0, 0.1) is 22.0 Å². The SMILES string of the molecule is O=[N+]([O-])c1ccccc1CN1CCN([C@H]2C[C@H]3CC[C@H]2C3)CC1. The summed E-state index contributed by atoms with van der Waals surface area (Å²) in [6, 6.07) is 7.96. The first kappa shape index (κ1) is 15.1. The van der Waals surface area contributed by atoms with Gasteiger partial charge in [0.15, 0.2) is 0 Å². The molecule has 23 heavy (non-hydrogen) atoms. The van der Waals surface area contributed by atoms with E-state index in [9.17, 15) is 10.1 Å². The largest absolute Gasteiger partial charge is 0.298 e. The monoisotopic (exact) mass is 315 g/mol. The summed E-state index contributed by atoms with van der Waals surface area (Å²) in [5, 5.41) is 11.1. The van der Waals surface area contributed by atoms with Crippen molar-refractivity contribution in [2.45, 2.75) is 38.3 Å². The Labute approximate surface area is 137 Å². The summed E-state index contributed by atoms with van der Waals surface area (Å²) in [7, 11) is 0. The van der Waals surface area contributed by atoms with Crippen molar-refractivity contribution in [2.24, 2.45) is 11.8 Å². The minimum Gasteiger partial charge on any atom is -0.298 e. The number of nitrogens with zero attached hydrogens (tertiary/aromatic N) is 3. The zero-order valence-electron chi connectivity index (χ0n) is 13.6. The molecule has 5 heteroatoms. The van der Waals surface area contributed by atoms with Crippen molar-refractivity contribution in [3.05, 3.63) is 39.9 Å². The van der Waals surface area contributed by atoms with Gasteiger partial charge in [-0.25, -0.2) is 0 Å². The molecule has 1 aromatic rings. The third-order valence-corrected chi connectivity index (χ3v) is 6.16. The van der Waals surface area contributed by atoms with Gasteiger partial charge in [-0.05, 0) is 31.1 Å². The topological polar surface area (TPSA) is 49.6 Å². The molecule has 124 valence electrons. The summed E-state index contributed by atoms with van der Waals surface area (Å²) in [6.45, 7) is 4.99. The highest BCUT2D eigenvalue weighted by Gasteiger charge is 2.42. The normalized spacial score (nSPS) is 31.6. The van der Waals surface area contributed by atoms with E-state index in [1.165, 1.54) is 25.7 Å². The van der Waals surface area contributed by atoms with Gasteiger partial charge in [0.25, 0.3) is 5.69 Å². The molecule has 2 aliphatic carbocycles. The molecule has 3 fully saturated rings. The van der Waals surface area contributed by atoms with E-state index in [4.69, 9.17) is 0 Å². The highest BCUT2D eigenvalue weighted by Crippen LogP contribution is 2.46. The summed E-state index contributed by atoms with van der Waals surface area (Å²) < 4.78 is 0. The highest BCUT2D eigenvalue weighted by molar-refractivity contribution is 5.39. The lowest BCUT2D eigenvalue weighted by molar-refractivity contribution is -0.385. The summed E-state index contributed by atoms with van der Waals surface area (Å²) in [6.07, 6.45) is 5.76. The van der Waals surface area contributed by atoms with Gasteiger partial charge in [-0.2, -0.15) is 0 Å².